The van der Waals surface area contributed by atoms with Gasteiger partial charge >= 0.3 is 11.9 Å². The zero-order chi connectivity index (χ0) is 29.4. The van der Waals surface area contributed by atoms with E-state index in [1.54, 1.807) is 24.8 Å². The van der Waals surface area contributed by atoms with Crippen LogP contribution in [0.15, 0.2) is 71.1 Å². The van der Waals surface area contributed by atoms with Crippen molar-refractivity contribution < 1.29 is 34.2 Å². The summed E-state index contributed by atoms with van der Waals surface area (Å²) < 4.78 is 10.7. The summed E-state index contributed by atoms with van der Waals surface area (Å²) in [5.41, 5.74) is 2.09. The zero-order valence-electron chi connectivity index (χ0n) is 23.0. The number of benzene rings is 2. The first kappa shape index (κ1) is 30.3. The molecule has 2 aromatic carbocycles. The number of aryl methyl sites for hydroxylation is 1. The number of aliphatic hydroxyl groups excluding tert-OH is 1. The first-order valence-corrected chi connectivity index (χ1v) is 12.9. The van der Waals surface area contributed by atoms with Crippen LogP contribution in [-0.4, -0.2) is 71.4 Å². The van der Waals surface area contributed by atoms with Gasteiger partial charge < -0.3 is 29.9 Å². The number of rotatable bonds is 13. The molecule has 11 nitrogen and oxygen atoms in total. The van der Waals surface area contributed by atoms with E-state index in [9.17, 15) is 29.9 Å². The number of nitrogens with one attached hydrogen (secondary N) is 1. The second kappa shape index (κ2) is 13.7. The second-order valence-electron chi connectivity index (χ2n) is 9.52. The molecule has 0 amide bonds. The fraction of sp³-hybridized carbons (Fsp3) is 0.379. The number of allylic oxidation sites excluding steroid dienone is 2. The Morgan fingerprint density at radius 3 is 2.45 bits per heavy atom. The van der Waals surface area contributed by atoms with Crippen LogP contribution < -0.4 is 10.1 Å². The topological polar surface area (TPSA) is 151 Å². The predicted octanol–water partition coefficient (Wildman–Crippen LogP) is 3.53. The van der Waals surface area contributed by atoms with Gasteiger partial charge in [0, 0.05) is 36.6 Å². The van der Waals surface area contributed by atoms with Crippen molar-refractivity contribution in [1.29, 1.82) is 0 Å². The summed E-state index contributed by atoms with van der Waals surface area (Å²) >= 11 is 0. The van der Waals surface area contributed by atoms with E-state index < -0.39 is 28.9 Å². The molecule has 0 saturated heterocycles. The van der Waals surface area contributed by atoms with Gasteiger partial charge in [0.25, 0.3) is 5.69 Å². The van der Waals surface area contributed by atoms with E-state index in [-0.39, 0.29) is 23.4 Å². The van der Waals surface area contributed by atoms with Gasteiger partial charge in [0.15, 0.2) is 0 Å². The molecule has 214 valence electrons. The molecule has 0 aliphatic carbocycles. The van der Waals surface area contributed by atoms with Crippen LogP contribution in [0.25, 0.3) is 0 Å². The van der Waals surface area contributed by atoms with Crippen molar-refractivity contribution in [3.05, 3.63) is 92.3 Å². The molecule has 40 heavy (non-hydrogen) atoms. The van der Waals surface area contributed by atoms with E-state index in [2.05, 4.69) is 5.32 Å². The summed E-state index contributed by atoms with van der Waals surface area (Å²) in [6.07, 6.45) is -0.152. The molecular weight excluding hydrogens is 518 g/mol. The normalized spacial score (nSPS) is 16.1. The van der Waals surface area contributed by atoms with Crippen LogP contribution >= 0.6 is 0 Å². The number of para-hydroxylation sites is 1. The lowest BCUT2D eigenvalue weighted by atomic mass is 9.79. The maximum atomic E-state index is 12.9. The highest BCUT2D eigenvalue weighted by Crippen LogP contribution is 2.43. The van der Waals surface area contributed by atoms with Crippen molar-refractivity contribution >= 4 is 17.6 Å². The van der Waals surface area contributed by atoms with Gasteiger partial charge in [0.2, 0.25) is 0 Å². The number of carbonyl (C=O) groups excluding carboxylic acids is 1. The number of non-ortho nitro benzene ring substituents is 1. The number of aliphatic hydroxyl groups is 1. The zero-order valence-corrected chi connectivity index (χ0v) is 23.0. The summed E-state index contributed by atoms with van der Waals surface area (Å²) in [5, 5.41) is 35.0. The third-order valence-corrected chi connectivity index (χ3v) is 6.86. The van der Waals surface area contributed by atoms with Crippen LogP contribution in [0.4, 0.5) is 5.69 Å². The van der Waals surface area contributed by atoms with Crippen LogP contribution in [0.3, 0.4) is 0 Å². The third kappa shape index (κ3) is 7.04. The Morgan fingerprint density at radius 1 is 1.10 bits per heavy atom. The van der Waals surface area contributed by atoms with E-state index in [0.29, 0.717) is 43.0 Å². The Kier molecular flexibility index (Phi) is 10.4. The van der Waals surface area contributed by atoms with Gasteiger partial charge in [-0.3, -0.25) is 10.1 Å². The number of methoxy groups -OCH3 is 1. The van der Waals surface area contributed by atoms with E-state index in [0.717, 1.165) is 11.3 Å². The lowest BCUT2D eigenvalue weighted by Gasteiger charge is -2.37. The smallest absolute Gasteiger partial charge is 0.336 e. The lowest BCUT2D eigenvalue weighted by Crippen LogP contribution is -2.37. The number of ether oxygens (including phenoxy) is 2. The van der Waals surface area contributed by atoms with Crippen LogP contribution in [0.1, 0.15) is 37.3 Å². The number of aliphatic carboxylic acids is 1. The molecule has 2 unspecified atom stereocenters. The highest BCUT2D eigenvalue weighted by atomic mass is 16.6. The highest BCUT2D eigenvalue weighted by Gasteiger charge is 2.40. The Labute approximate surface area is 232 Å². The van der Waals surface area contributed by atoms with Gasteiger partial charge in [-0.05, 0) is 50.9 Å². The van der Waals surface area contributed by atoms with Crippen LogP contribution in [-0.2, 0) is 14.3 Å². The number of nitro benzene ring substituents is 1. The summed E-state index contributed by atoms with van der Waals surface area (Å²) in [7, 11) is 1.21. The van der Waals surface area contributed by atoms with Gasteiger partial charge in [-0.1, -0.05) is 30.3 Å². The minimum absolute atomic E-state index is 0.0526. The average Bonchev–Trinajstić information content (AvgIpc) is 2.93. The average molecular weight is 554 g/mol. The van der Waals surface area contributed by atoms with E-state index in [1.807, 2.05) is 31.2 Å². The van der Waals surface area contributed by atoms with E-state index in [1.165, 1.54) is 25.3 Å². The van der Waals surface area contributed by atoms with Crippen molar-refractivity contribution in [3.8, 4) is 5.75 Å². The van der Waals surface area contributed by atoms with Crippen LogP contribution in [0.5, 0.6) is 5.75 Å². The summed E-state index contributed by atoms with van der Waals surface area (Å²) in [6, 6.07) is 13.2. The number of hydrogen-bond acceptors (Lipinski definition) is 9. The molecule has 0 saturated carbocycles. The Bertz CT molecular complexity index is 1320. The minimum Gasteiger partial charge on any atom is -0.491 e. The standard InChI is InChI=1S/C29H35N3O8/c1-18-9-5-6-12-24(18)40-17-23(33)16-30-13-8-14-31-19(2)25(28(34)35)27(26(20(31)3)29(36)39-4)21-10-7-11-22(15-21)32(37)38/h5-7,9-12,15,23,27,30,33H,8,13-14,16-17H2,1-4H3,(H,34,35). The van der Waals surface area contributed by atoms with Gasteiger partial charge in [-0.2, -0.15) is 0 Å². The van der Waals surface area contributed by atoms with Crippen molar-refractivity contribution in [3.63, 3.8) is 0 Å². The van der Waals surface area contributed by atoms with Crippen molar-refractivity contribution in [2.75, 3.05) is 33.4 Å². The molecule has 3 rings (SSSR count). The number of carbonyl (C=O) groups is 2. The number of nitrogens with zero attached hydrogens (tertiary/aromatic N) is 2. The molecule has 2 aromatic rings. The molecule has 3 N–H and O–H groups in total. The third-order valence-electron chi connectivity index (χ3n) is 6.86. The quantitative estimate of drug-likeness (QED) is 0.145. The Hall–Kier alpha value is -4.22. The largest absolute Gasteiger partial charge is 0.491 e. The van der Waals surface area contributed by atoms with E-state index >= 15 is 0 Å². The molecule has 1 heterocycles. The Morgan fingerprint density at radius 2 is 1.80 bits per heavy atom. The monoisotopic (exact) mass is 553 g/mol. The van der Waals surface area contributed by atoms with Gasteiger partial charge in [0.05, 0.1) is 29.1 Å². The molecule has 1 aliphatic rings. The predicted molar refractivity (Wildman–Crippen MR) is 148 cm³/mol. The summed E-state index contributed by atoms with van der Waals surface area (Å²) in [5.74, 6) is -2.26. The maximum Gasteiger partial charge on any atom is 0.336 e. The fourth-order valence-electron chi connectivity index (χ4n) is 4.84. The van der Waals surface area contributed by atoms with Crippen molar-refractivity contribution in [2.45, 2.75) is 39.2 Å². The van der Waals surface area contributed by atoms with E-state index in [4.69, 9.17) is 9.47 Å². The SMILES string of the molecule is COC(=O)C1=C(C)N(CCCNCC(O)COc2ccccc2C)C(C)=C(C(=O)O)C1c1cccc([N+](=O)[O-])c1. The minimum atomic E-state index is -1.23. The lowest BCUT2D eigenvalue weighted by molar-refractivity contribution is -0.384. The second-order valence-corrected chi connectivity index (χ2v) is 9.52. The molecule has 0 fully saturated rings. The molecule has 1 aliphatic heterocycles. The Balaban J connectivity index is 1.72. The molecule has 2 atom stereocenters. The van der Waals surface area contributed by atoms with Gasteiger partial charge in [-0.15, -0.1) is 0 Å². The summed E-state index contributed by atoms with van der Waals surface area (Å²) in [6.45, 7) is 6.64. The molecule has 0 aromatic heterocycles. The van der Waals surface area contributed by atoms with Crippen molar-refractivity contribution in [1.82, 2.24) is 10.2 Å². The number of nitro groups is 1. The first-order chi connectivity index (χ1) is 19.1. The van der Waals surface area contributed by atoms with Gasteiger partial charge in [0.1, 0.15) is 18.5 Å². The number of carboxylic acid groups (broad SMARTS) is 1. The molecular formula is C29H35N3O8. The summed E-state index contributed by atoms with van der Waals surface area (Å²) in [4.78, 5) is 38.0. The molecule has 11 heteroatoms. The van der Waals surface area contributed by atoms with Crippen LogP contribution in [0.2, 0.25) is 0 Å². The molecule has 0 spiro atoms. The number of hydrogen-bond donors (Lipinski definition) is 3. The fourth-order valence-corrected chi connectivity index (χ4v) is 4.84. The number of esters is 1. The van der Waals surface area contributed by atoms with Crippen LogP contribution in [0, 0.1) is 17.0 Å². The van der Waals surface area contributed by atoms with Gasteiger partial charge in [-0.25, -0.2) is 9.59 Å². The highest BCUT2D eigenvalue weighted by molar-refractivity contribution is 5.99. The number of carboxylic acids is 1. The molecule has 0 bridgehead atoms. The molecule has 0 radical (unpaired) electrons. The maximum absolute atomic E-state index is 12.9. The first-order valence-electron chi connectivity index (χ1n) is 12.9. The van der Waals surface area contributed by atoms with Crippen molar-refractivity contribution in [2.24, 2.45) is 0 Å².